The lowest BCUT2D eigenvalue weighted by molar-refractivity contribution is -0.140. The number of para-hydroxylation sites is 1. The standard InChI is InChI=1S/C32H33NO7S/c1-19-28(32(35)40-13-12-39-22-9-6-5-7-10-22)29(21-17-25(36-2)31(38-4)26(18-21)37-3)30-23(33-19)15-20(16-24(30)34)27-11-8-14-41-27/h5-11,14,17-18,20,29,33H,12-13,15-16H2,1-4H3/t20-,29-/m1/s1. The minimum atomic E-state index is -0.681. The van der Waals surface area contributed by atoms with Crippen LogP contribution in [0.2, 0.25) is 0 Å². The number of esters is 1. The summed E-state index contributed by atoms with van der Waals surface area (Å²) in [4.78, 5) is 28.7. The first-order valence-corrected chi connectivity index (χ1v) is 14.2. The number of rotatable bonds is 10. The molecule has 0 radical (unpaired) electrons. The SMILES string of the molecule is COc1cc([C@@H]2C(C(=O)OCCOc3ccccc3)=C(C)NC3=C2C(=O)C[C@H](c2cccs2)C3)cc(OC)c1OC. The quantitative estimate of drug-likeness (QED) is 0.241. The summed E-state index contributed by atoms with van der Waals surface area (Å²) >= 11 is 1.65. The van der Waals surface area contributed by atoms with Gasteiger partial charge in [-0.2, -0.15) is 0 Å². The van der Waals surface area contributed by atoms with E-state index in [1.165, 1.54) is 26.2 Å². The fraction of sp³-hybridized carbons (Fsp3) is 0.312. The summed E-state index contributed by atoms with van der Waals surface area (Å²) in [7, 11) is 4.61. The number of hydrogen-bond acceptors (Lipinski definition) is 9. The summed E-state index contributed by atoms with van der Waals surface area (Å²) in [6.07, 6.45) is 1.02. The van der Waals surface area contributed by atoms with Crippen LogP contribution in [0.4, 0.5) is 0 Å². The lowest BCUT2D eigenvalue weighted by Gasteiger charge is -2.36. The molecular weight excluding hydrogens is 542 g/mol. The molecule has 0 spiro atoms. The van der Waals surface area contributed by atoms with Gasteiger partial charge in [0.1, 0.15) is 19.0 Å². The molecule has 1 aliphatic carbocycles. The molecule has 214 valence electrons. The van der Waals surface area contributed by atoms with E-state index in [1.54, 1.807) is 23.5 Å². The first kappa shape index (κ1) is 28.3. The molecule has 5 rings (SSSR count). The van der Waals surface area contributed by atoms with E-state index in [1.807, 2.05) is 48.7 Å². The number of dihydropyridines is 1. The van der Waals surface area contributed by atoms with Crippen molar-refractivity contribution in [1.82, 2.24) is 5.32 Å². The molecule has 1 aliphatic heterocycles. The first-order chi connectivity index (χ1) is 19.9. The number of carbonyl (C=O) groups is 2. The third kappa shape index (κ3) is 5.81. The average molecular weight is 576 g/mol. The van der Waals surface area contributed by atoms with Gasteiger partial charge in [0.2, 0.25) is 5.75 Å². The molecule has 0 amide bonds. The van der Waals surface area contributed by atoms with Crippen LogP contribution in [0.3, 0.4) is 0 Å². The van der Waals surface area contributed by atoms with Gasteiger partial charge >= 0.3 is 5.97 Å². The van der Waals surface area contributed by atoms with Crippen LogP contribution in [0.25, 0.3) is 0 Å². The Bertz CT molecular complexity index is 1450. The van der Waals surface area contributed by atoms with Crippen LogP contribution in [-0.4, -0.2) is 46.3 Å². The third-order valence-electron chi connectivity index (χ3n) is 7.34. The number of hydrogen-bond donors (Lipinski definition) is 1. The lowest BCUT2D eigenvalue weighted by Crippen LogP contribution is -2.36. The maximum atomic E-state index is 13.9. The molecule has 9 heteroatoms. The molecule has 1 aromatic heterocycles. The number of Topliss-reactive ketones (excluding diaryl/α,β-unsaturated/α-hetero) is 1. The highest BCUT2D eigenvalue weighted by Crippen LogP contribution is 2.49. The van der Waals surface area contributed by atoms with Gasteiger partial charge in [-0.25, -0.2) is 4.79 Å². The second-order valence-corrected chi connectivity index (χ2v) is 10.8. The summed E-state index contributed by atoms with van der Waals surface area (Å²) < 4.78 is 28.1. The van der Waals surface area contributed by atoms with E-state index in [0.717, 1.165) is 5.70 Å². The van der Waals surface area contributed by atoms with E-state index in [-0.39, 0.29) is 24.9 Å². The van der Waals surface area contributed by atoms with Crippen LogP contribution < -0.4 is 24.3 Å². The zero-order valence-corrected chi connectivity index (χ0v) is 24.3. The minimum Gasteiger partial charge on any atom is -0.493 e. The fourth-order valence-electron chi connectivity index (χ4n) is 5.52. The molecule has 2 atom stereocenters. The van der Waals surface area contributed by atoms with Crippen LogP contribution in [0.5, 0.6) is 23.0 Å². The molecule has 0 unspecified atom stereocenters. The number of benzene rings is 2. The van der Waals surface area contributed by atoms with E-state index in [9.17, 15) is 9.59 Å². The predicted octanol–water partition coefficient (Wildman–Crippen LogP) is 5.76. The Kier molecular flexibility index (Phi) is 8.64. The van der Waals surface area contributed by atoms with E-state index in [4.69, 9.17) is 23.7 Å². The van der Waals surface area contributed by atoms with Gasteiger partial charge in [0.05, 0.1) is 26.9 Å². The molecule has 0 bridgehead atoms. The van der Waals surface area contributed by atoms with Gasteiger partial charge in [0, 0.05) is 40.1 Å². The number of thiophene rings is 1. The zero-order chi connectivity index (χ0) is 28.9. The van der Waals surface area contributed by atoms with Crippen LogP contribution in [0, 0.1) is 0 Å². The summed E-state index contributed by atoms with van der Waals surface area (Å²) in [6, 6.07) is 17.0. The zero-order valence-electron chi connectivity index (χ0n) is 23.5. The van der Waals surface area contributed by atoms with Crippen molar-refractivity contribution in [1.29, 1.82) is 0 Å². The van der Waals surface area contributed by atoms with Gasteiger partial charge in [-0.15, -0.1) is 11.3 Å². The van der Waals surface area contributed by atoms with Crippen LogP contribution in [0.15, 0.2) is 82.5 Å². The Labute approximate surface area is 243 Å². The van der Waals surface area contributed by atoms with Crippen molar-refractivity contribution >= 4 is 23.1 Å². The second-order valence-electron chi connectivity index (χ2n) is 9.79. The highest BCUT2D eigenvalue weighted by Gasteiger charge is 2.42. The first-order valence-electron chi connectivity index (χ1n) is 13.4. The van der Waals surface area contributed by atoms with Gasteiger partial charge < -0.3 is 29.0 Å². The normalized spacial score (nSPS) is 18.4. The summed E-state index contributed by atoms with van der Waals surface area (Å²) in [5.41, 5.74) is 3.05. The Morgan fingerprint density at radius 2 is 1.68 bits per heavy atom. The molecule has 41 heavy (non-hydrogen) atoms. The number of carbonyl (C=O) groups excluding carboxylic acids is 2. The minimum absolute atomic E-state index is 0.0129. The Balaban J connectivity index is 1.50. The monoisotopic (exact) mass is 575 g/mol. The topological polar surface area (TPSA) is 92.3 Å². The van der Waals surface area contributed by atoms with Gasteiger partial charge in [0.15, 0.2) is 17.3 Å². The van der Waals surface area contributed by atoms with Crippen molar-refractivity contribution in [2.24, 2.45) is 0 Å². The average Bonchev–Trinajstić information content (AvgIpc) is 3.53. The molecule has 0 saturated heterocycles. The number of methoxy groups -OCH3 is 3. The Morgan fingerprint density at radius 3 is 2.32 bits per heavy atom. The van der Waals surface area contributed by atoms with Crippen molar-refractivity contribution in [3.05, 3.63) is 93.0 Å². The van der Waals surface area contributed by atoms with Gasteiger partial charge in [-0.1, -0.05) is 24.3 Å². The molecule has 2 aliphatic rings. The molecule has 0 fully saturated rings. The highest BCUT2D eigenvalue weighted by molar-refractivity contribution is 7.10. The van der Waals surface area contributed by atoms with E-state index < -0.39 is 11.9 Å². The van der Waals surface area contributed by atoms with Crippen LogP contribution >= 0.6 is 11.3 Å². The largest absolute Gasteiger partial charge is 0.493 e. The Hall–Kier alpha value is -4.24. The summed E-state index contributed by atoms with van der Waals surface area (Å²) in [6.45, 7) is 2.08. The maximum absolute atomic E-state index is 13.9. The maximum Gasteiger partial charge on any atom is 0.336 e. The van der Waals surface area contributed by atoms with Crippen LogP contribution in [0.1, 0.15) is 42.0 Å². The van der Waals surface area contributed by atoms with E-state index >= 15 is 0 Å². The number of ether oxygens (including phenoxy) is 5. The summed E-state index contributed by atoms with van der Waals surface area (Å²) in [5, 5.41) is 5.42. The molecule has 1 N–H and O–H groups in total. The number of allylic oxidation sites excluding steroid dienone is 3. The van der Waals surface area contributed by atoms with E-state index in [2.05, 4.69) is 11.4 Å². The second kappa shape index (κ2) is 12.5. The molecule has 2 aromatic carbocycles. The number of ketones is 1. The number of nitrogens with one attached hydrogen (secondary N) is 1. The van der Waals surface area contributed by atoms with Crippen molar-refractivity contribution in [2.75, 3.05) is 34.5 Å². The molecule has 2 heterocycles. The van der Waals surface area contributed by atoms with E-state index in [0.29, 0.717) is 58.2 Å². The van der Waals surface area contributed by atoms with Gasteiger partial charge in [0.25, 0.3) is 0 Å². The van der Waals surface area contributed by atoms with Crippen molar-refractivity contribution < 1.29 is 33.3 Å². The Morgan fingerprint density at radius 1 is 0.951 bits per heavy atom. The third-order valence-corrected chi connectivity index (χ3v) is 8.38. The molecular formula is C32H33NO7S. The predicted molar refractivity (Wildman–Crippen MR) is 156 cm³/mol. The summed E-state index contributed by atoms with van der Waals surface area (Å²) in [5.74, 6) is 0.845. The molecule has 0 saturated carbocycles. The van der Waals surface area contributed by atoms with Gasteiger partial charge in [-0.05, 0) is 54.6 Å². The van der Waals surface area contributed by atoms with Gasteiger partial charge in [-0.3, -0.25) is 4.79 Å². The lowest BCUT2D eigenvalue weighted by atomic mass is 9.72. The fourth-order valence-corrected chi connectivity index (χ4v) is 6.35. The smallest absolute Gasteiger partial charge is 0.336 e. The molecule has 8 nitrogen and oxygen atoms in total. The van der Waals surface area contributed by atoms with Crippen molar-refractivity contribution in [3.8, 4) is 23.0 Å². The van der Waals surface area contributed by atoms with Crippen molar-refractivity contribution in [2.45, 2.75) is 31.6 Å². The van der Waals surface area contributed by atoms with Crippen molar-refractivity contribution in [3.63, 3.8) is 0 Å². The highest BCUT2D eigenvalue weighted by atomic mass is 32.1. The van der Waals surface area contributed by atoms with Crippen LogP contribution in [-0.2, 0) is 14.3 Å². The molecule has 3 aromatic rings.